The number of amides is 1. The van der Waals surface area contributed by atoms with Crippen molar-refractivity contribution in [1.82, 2.24) is 10.2 Å². The first-order chi connectivity index (χ1) is 10.3. The van der Waals surface area contributed by atoms with E-state index in [0.717, 1.165) is 18.4 Å². The summed E-state index contributed by atoms with van der Waals surface area (Å²) in [5.74, 6) is 0. The SMILES string of the molecule is CCN(C(=O)OCc1ccccc1)[C@H]1CCCC[C@H]1NC. The molecule has 0 bridgehead atoms. The van der Waals surface area contributed by atoms with E-state index in [2.05, 4.69) is 5.32 Å². The van der Waals surface area contributed by atoms with Crippen LogP contribution in [0.4, 0.5) is 4.79 Å². The second-order valence-electron chi connectivity index (χ2n) is 5.57. The quantitative estimate of drug-likeness (QED) is 0.905. The van der Waals surface area contributed by atoms with Gasteiger partial charge in [-0.15, -0.1) is 0 Å². The van der Waals surface area contributed by atoms with Gasteiger partial charge >= 0.3 is 6.09 Å². The number of benzene rings is 1. The highest BCUT2D eigenvalue weighted by molar-refractivity contribution is 5.68. The van der Waals surface area contributed by atoms with Crippen LogP contribution in [0.2, 0.25) is 0 Å². The van der Waals surface area contributed by atoms with Gasteiger partial charge < -0.3 is 15.0 Å². The fourth-order valence-corrected chi connectivity index (χ4v) is 3.12. The number of rotatable bonds is 5. The van der Waals surface area contributed by atoms with Crippen molar-refractivity contribution >= 4 is 6.09 Å². The van der Waals surface area contributed by atoms with Gasteiger partial charge in [0.05, 0.1) is 6.04 Å². The summed E-state index contributed by atoms with van der Waals surface area (Å²) in [6, 6.07) is 10.4. The molecular weight excluding hydrogens is 264 g/mol. The molecule has 0 aliphatic heterocycles. The summed E-state index contributed by atoms with van der Waals surface area (Å²) < 4.78 is 5.49. The summed E-state index contributed by atoms with van der Waals surface area (Å²) in [6.07, 6.45) is 4.40. The number of carbonyl (C=O) groups is 1. The first-order valence-electron chi connectivity index (χ1n) is 7.90. The molecule has 2 atom stereocenters. The Kier molecular flexibility index (Phi) is 6.05. The summed E-state index contributed by atoms with van der Waals surface area (Å²) in [5, 5.41) is 3.35. The zero-order chi connectivity index (χ0) is 15.1. The number of nitrogens with one attached hydrogen (secondary N) is 1. The van der Waals surface area contributed by atoms with E-state index in [0.29, 0.717) is 19.2 Å². The minimum Gasteiger partial charge on any atom is -0.445 e. The van der Waals surface area contributed by atoms with Gasteiger partial charge in [0.2, 0.25) is 0 Å². The Morgan fingerprint density at radius 1 is 1.29 bits per heavy atom. The van der Waals surface area contributed by atoms with E-state index in [-0.39, 0.29) is 12.1 Å². The molecule has 1 fully saturated rings. The molecule has 116 valence electrons. The monoisotopic (exact) mass is 290 g/mol. The van der Waals surface area contributed by atoms with Crippen molar-refractivity contribution in [2.45, 2.75) is 51.3 Å². The van der Waals surface area contributed by atoms with Crippen LogP contribution in [0.5, 0.6) is 0 Å². The van der Waals surface area contributed by atoms with Crippen LogP contribution in [-0.2, 0) is 11.3 Å². The van der Waals surface area contributed by atoms with Gasteiger partial charge in [0.1, 0.15) is 6.61 Å². The van der Waals surface area contributed by atoms with Gasteiger partial charge in [0, 0.05) is 12.6 Å². The highest BCUT2D eigenvalue weighted by Crippen LogP contribution is 2.23. The topological polar surface area (TPSA) is 41.6 Å². The molecule has 0 radical (unpaired) electrons. The Balaban J connectivity index is 1.94. The summed E-state index contributed by atoms with van der Waals surface area (Å²) in [5.41, 5.74) is 1.02. The molecule has 2 rings (SSSR count). The van der Waals surface area contributed by atoms with Crippen molar-refractivity contribution in [1.29, 1.82) is 0 Å². The van der Waals surface area contributed by atoms with Crippen LogP contribution in [0.3, 0.4) is 0 Å². The first kappa shape index (κ1) is 15.8. The molecule has 4 heteroatoms. The molecule has 1 aromatic carbocycles. The molecule has 1 aliphatic rings. The smallest absolute Gasteiger partial charge is 0.410 e. The summed E-state index contributed by atoms with van der Waals surface area (Å²) in [4.78, 5) is 14.3. The molecule has 0 unspecified atom stereocenters. The Bertz CT molecular complexity index is 436. The van der Waals surface area contributed by atoms with E-state index < -0.39 is 0 Å². The Labute approximate surface area is 127 Å². The number of hydrogen-bond acceptors (Lipinski definition) is 3. The predicted molar refractivity (Wildman–Crippen MR) is 84.1 cm³/mol. The van der Waals surface area contributed by atoms with E-state index in [1.807, 2.05) is 49.2 Å². The molecule has 1 amide bonds. The minimum absolute atomic E-state index is 0.200. The van der Waals surface area contributed by atoms with Crippen LogP contribution < -0.4 is 5.32 Å². The van der Waals surface area contributed by atoms with Crippen LogP contribution in [0.1, 0.15) is 38.2 Å². The second-order valence-corrected chi connectivity index (χ2v) is 5.57. The standard InChI is InChI=1S/C17H26N2O2/c1-3-19(16-12-8-7-11-15(16)18-2)17(20)21-13-14-9-5-4-6-10-14/h4-6,9-10,15-16,18H,3,7-8,11-13H2,1-2H3/t15-,16+/m1/s1. The van der Waals surface area contributed by atoms with E-state index >= 15 is 0 Å². The van der Waals surface area contributed by atoms with Crippen LogP contribution in [0.15, 0.2) is 30.3 Å². The third-order valence-corrected chi connectivity index (χ3v) is 4.28. The fraction of sp³-hybridized carbons (Fsp3) is 0.588. The van der Waals surface area contributed by atoms with Crippen molar-refractivity contribution < 1.29 is 9.53 Å². The van der Waals surface area contributed by atoms with E-state index in [4.69, 9.17) is 4.74 Å². The zero-order valence-electron chi connectivity index (χ0n) is 13.0. The first-order valence-corrected chi connectivity index (χ1v) is 7.90. The van der Waals surface area contributed by atoms with Crippen LogP contribution in [0, 0.1) is 0 Å². The van der Waals surface area contributed by atoms with Crippen molar-refractivity contribution in [2.75, 3.05) is 13.6 Å². The zero-order valence-corrected chi connectivity index (χ0v) is 13.0. The van der Waals surface area contributed by atoms with Crippen LogP contribution >= 0.6 is 0 Å². The maximum atomic E-state index is 12.4. The molecule has 21 heavy (non-hydrogen) atoms. The van der Waals surface area contributed by atoms with Crippen molar-refractivity contribution in [3.63, 3.8) is 0 Å². The lowest BCUT2D eigenvalue weighted by Gasteiger charge is -2.38. The highest BCUT2D eigenvalue weighted by atomic mass is 16.6. The number of nitrogens with zero attached hydrogens (tertiary/aromatic N) is 1. The summed E-state index contributed by atoms with van der Waals surface area (Å²) in [7, 11) is 1.98. The molecule has 0 spiro atoms. The Morgan fingerprint density at radius 2 is 2.00 bits per heavy atom. The second kappa shape index (κ2) is 8.03. The van der Waals surface area contributed by atoms with Crippen LogP contribution in [-0.4, -0.2) is 36.7 Å². The number of likely N-dealkylation sites (N-methyl/N-ethyl adjacent to an activating group) is 2. The molecule has 1 saturated carbocycles. The predicted octanol–water partition coefficient (Wildman–Crippen LogP) is 3.18. The molecule has 0 heterocycles. The average molecular weight is 290 g/mol. The molecule has 0 saturated heterocycles. The molecule has 1 aromatic rings. The van der Waals surface area contributed by atoms with Gasteiger partial charge in [-0.1, -0.05) is 43.2 Å². The van der Waals surface area contributed by atoms with Crippen molar-refractivity contribution in [3.8, 4) is 0 Å². The van der Waals surface area contributed by atoms with E-state index in [1.54, 1.807) is 0 Å². The van der Waals surface area contributed by atoms with Gasteiger partial charge in [0.15, 0.2) is 0 Å². The summed E-state index contributed by atoms with van der Waals surface area (Å²) in [6.45, 7) is 3.05. The van der Waals surface area contributed by atoms with Crippen molar-refractivity contribution in [3.05, 3.63) is 35.9 Å². The molecular formula is C17H26N2O2. The summed E-state index contributed by atoms with van der Waals surface area (Å²) >= 11 is 0. The number of ether oxygens (including phenoxy) is 1. The van der Waals surface area contributed by atoms with Gasteiger partial charge in [-0.25, -0.2) is 4.79 Å². The van der Waals surface area contributed by atoms with Gasteiger partial charge in [-0.05, 0) is 32.4 Å². The van der Waals surface area contributed by atoms with E-state index in [9.17, 15) is 4.79 Å². The molecule has 1 N–H and O–H groups in total. The van der Waals surface area contributed by atoms with Crippen LogP contribution in [0.25, 0.3) is 0 Å². The van der Waals surface area contributed by atoms with E-state index in [1.165, 1.54) is 12.8 Å². The lowest BCUT2D eigenvalue weighted by Crippen LogP contribution is -2.53. The Hall–Kier alpha value is -1.55. The normalized spacial score (nSPS) is 21.8. The third kappa shape index (κ3) is 4.21. The highest BCUT2D eigenvalue weighted by Gasteiger charge is 2.31. The maximum Gasteiger partial charge on any atom is 0.410 e. The van der Waals surface area contributed by atoms with Gasteiger partial charge in [-0.3, -0.25) is 0 Å². The van der Waals surface area contributed by atoms with Crippen molar-refractivity contribution in [2.24, 2.45) is 0 Å². The maximum absolute atomic E-state index is 12.4. The Morgan fingerprint density at radius 3 is 2.67 bits per heavy atom. The average Bonchev–Trinajstić information content (AvgIpc) is 2.55. The lowest BCUT2D eigenvalue weighted by atomic mass is 9.89. The molecule has 4 nitrogen and oxygen atoms in total. The minimum atomic E-state index is -0.200. The molecule has 0 aromatic heterocycles. The number of carbonyl (C=O) groups excluding carboxylic acids is 1. The largest absolute Gasteiger partial charge is 0.445 e. The number of hydrogen-bond donors (Lipinski definition) is 1. The van der Waals surface area contributed by atoms with Gasteiger partial charge in [0.25, 0.3) is 0 Å². The third-order valence-electron chi connectivity index (χ3n) is 4.28. The fourth-order valence-electron chi connectivity index (χ4n) is 3.12. The van der Waals surface area contributed by atoms with Gasteiger partial charge in [-0.2, -0.15) is 0 Å². The lowest BCUT2D eigenvalue weighted by molar-refractivity contribution is 0.0656. The molecule has 1 aliphatic carbocycles.